The summed E-state index contributed by atoms with van der Waals surface area (Å²) in [7, 11) is 0. The summed E-state index contributed by atoms with van der Waals surface area (Å²) < 4.78 is 42.8. The van der Waals surface area contributed by atoms with Gasteiger partial charge in [0.15, 0.2) is 0 Å². The zero-order chi connectivity index (χ0) is 24.7. The molecule has 3 heterocycles. The Morgan fingerprint density at radius 1 is 1.26 bits per heavy atom. The molecule has 11 heteroatoms. The second kappa shape index (κ2) is 9.25. The Hall–Kier alpha value is -2.95. The summed E-state index contributed by atoms with van der Waals surface area (Å²) >= 11 is 6.70. The summed E-state index contributed by atoms with van der Waals surface area (Å²) in [6.07, 6.45) is -2.36. The molecule has 2 aromatic carbocycles. The third-order valence-corrected chi connectivity index (χ3v) is 7.49. The normalized spacial score (nSPS) is 18.0. The Balaban J connectivity index is 1.68. The van der Waals surface area contributed by atoms with E-state index in [9.17, 15) is 23.1 Å². The molecule has 1 atom stereocenters. The minimum Gasteiger partial charge on any atom is -0.493 e. The number of aromatic hydroxyl groups is 1. The van der Waals surface area contributed by atoms with Gasteiger partial charge in [-0.05, 0) is 66.0 Å². The lowest BCUT2D eigenvalue weighted by Gasteiger charge is -2.15. The predicted molar refractivity (Wildman–Crippen MR) is 129 cm³/mol. The Labute approximate surface area is 206 Å². The largest absolute Gasteiger partial charge is 0.493 e. The highest BCUT2D eigenvalue weighted by Gasteiger charge is 2.34. The lowest BCUT2D eigenvalue weighted by atomic mass is 9.96. The minimum atomic E-state index is -4.62. The van der Waals surface area contributed by atoms with Crippen LogP contribution in [-0.4, -0.2) is 29.0 Å². The molecule has 182 valence electrons. The van der Waals surface area contributed by atoms with Crippen molar-refractivity contribution in [2.75, 3.05) is 13.1 Å². The molecule has 2 aliphatic rings. The molecule has 0 bridgehead atoms. The highest BCUT2D eigenvalue weighted by atomic mass is 35.5. The Morgan fingerprint density at radius 3 is 2.83 bits per heavy atom. The van der Waals surface area contributed by atoms with Crippen molar-refractivity contribution < 1.29 is 18.3 Å². The SMILES string of the molecule is O=c1sc(C(Cc2ccc(Cl)cc2C(F)(F)F)=c2ccc3c(c2)C=NN=3)c(O)n1C[C@@H]1CCNC1. The van der Waals surface area contributed by atoms with Crippen molar-refractivity contribution in [3.63, 3.8) is 0 Å². The number of benzene rings is 2. The van der Waals surface area contributed by atoms with Crippen LogP contribution in [0.25, 0.3) is 5.57 Å². The molecule has 0 saturated carbocycles. The van der Waals surface area contributed by atoms with Crippen LogP contribution < -0.4 is 20.8 Å². The van der Waals surface area contributed by atoms with Crippen LogP contribution in [0.15, 0.2) is 51.4 Å². The summed E-state index contributed by atoms with van der Waals surface area (Å²) in [5.74, 6) is -0.0429. The smallest absolute Gasteiger partial charge is 0.416 e. The molecule has 0 spiro atoms. The molecule has 35 heavy (non-hydrogen) atoms. The van der Waals surface area contributed by atoms with E-state index in [0.717, 1.165) is 36.9 Å². The second-order valence-corrected chi connectivity index (χ2v) is 9.96. The number of thiazole rings is 1. The zero-order valence-electron chi connectivity index (χ0n) is 18.3. The van der Waals surface area contributed by atoms with Crippen LogP contribution in [0.1, 0.15) is 28.0 Å². The fraction of sp³-hybridized carbons (Fsp3) is 0.292. The van der Waals surface area contributed by atoms with Crippen molar-refractivity contribution in [1.82, 2.24) is 9.88 Å². The van der Waals surface area contributed by atoms with E-state index in [4.69, 9.17) is 11.6 Å². The molecule has 0 aliphatic carbocycles. The number of halogens is 4. The van der Waals surface area contributed by atoms with E-state index < -0.39 is 11.7 Å². The van der Waals surface area contributed by atoms with Gasteiger partial charge in [-0.15, -0.1) is 0 Å². The maximum absolute atomic E-state index is 13.8. The Bertz CT molecular complexity index is 1500. The van der Waals surface area contributed by atoms with Crippen LogP contribution >= 0.6 is 22.9 Å². The first-order chi connectivity index (χ1) is 16.7. The number of hydrogen-bond acceptors (Lipinski definition) is 6. The van der Waals surface area contributed by atoms with E-state index in [0.29, 0.717) is 28.3 Å². The van der Waals surface area contributed by atoms with Gasteiger partial charge in [0, 0.05) is 23.6 Å². The highest BCUT2D eigenvalue weighted by Crippen LogP contribution is 2.37. The molecule has 0 radical (unpaired) electrons. The van der Waals surface area contributed by atoms with Gasteiger partial charge in [0.1, 0.15) is 0 Å². The Kier molecular flexibility index (Phi) is 6.29. The average molecular weight is 521 g/mol. The second-order valence-electron chi connectivity index (χ2n) is 8.56. The third kappa shape index (κ3) is 4.78. The van der Waals surface area contributed by atoms with Crippen LogP contribution in [0.2, 0.25) is 5.02 Å². The topological polar surface area (TPSA) is 79.0 Å². The van der Waals surface area contributed by atoms with Crippen LogP contribution in [0.4, 0.5) is 13.2 Å². The van der Waals surface area contributed by atoms with E-state index in [-0.39, 0.29) is 38.6 Å². The first-order valence-corrected chi connectivity index (χ1v) is 12.1. The van der Waals surface area contributed by atoms with E-state index in [1.165, 1.54) is 16.7 Å². The average Bonchev–Trinajstić information content (AvgIpc) is 3.55. The van der Waals surface area contributed by atoms with E-state index in [1.54, 1.807) is 24.4 Å². The lowest BCUT2D eigenvalue weighted by Crippen LogP contribution is -2.20. The molecular weight excluding hydrogens is 501 g/mol. The van der Waals surface area contributed by atoms with Crippen LogP contribution in [0.5, 0.6) is 5.88 Å². The Morgan fingerprint density at radius 2 is 2.09 bits per heavy atom. The van der Waals surface area contributed by atoms with Gasteiger partial charge < -0.3 is 10.4 Å². The number of fused-ring (bicyclic) bond motifs is 1. The van der Waals surface area contributed by atoms with Gasteiger partial charge >= 0.3 is 11.0 Å². The molecule has 2 aliphatic heterocycles. The molecule has 5 rings (SSSR count). The fourth-order valence-electron chi connectivity index (χ4n) is 4.44. The quantitative estimate of drug-likeness (QED) is 0.542. The monoisotopic (exact) mass is 520 g/mol. The fourth-order valence-corrected chi connectivity index (χ4v) is 5.58. The van der Waals surface area contributed by atoms with Crippen molar-refractivity contribution in [2.45, 2.75) is 25.6 Å². The molecule has 0 unspecified atom stereocenters. The van der Waals surface area contributed by atoms with Gasteiger partial charge in [0.2, 0.25) is 5.88 Å². The van der Waals surface area contributed by atoms with Gasteiger partial charge in [-0.1, -0.05) is 35.1 Å². The highest BCUT2D eigenvalue weighted by molar-refractivity contribution is 7.10. The lowest BCUT2D eigenvalue weighted by molar-refractivity contribution is -0.138. The zero-order valence-corrected chi connectivity index (χ0v) is 19.8. The van der Waals surface area contributed by atoms with E-state index in [2.05, 4.69) is 15.5 Å². The number of nitrogens with zero attached hydrogens (tertiary/aromatic N) is 3. The third-order valence-electron chi connectivity index (χ3n) is 6.23. The summed E-state index contributed by atoms with van der Waals surface area (Å²) in [4.78, 5) is 12.7. The first kappa shape index (κ1) is 23.8. The minimum absolute atomic E-state index is 0.0115. The van der Waals surface area contributed by atoms with Gasteiger partial charge in [0.05, 0.1) is 22.0 Å². The van der Waals surface area contributed by atoms with Crippen LogP contribution in [0.3, 0.4) is 0 Å². The maximum Gasteiger partial charge on any atom is 0.416 e. The van der Waals surface area contributed by atoms with Gasteiger partial charge in [0.25, 0.3) is 0 Å². The molecule has 3 aromatic rings. The molecule has 1 saturated heterocycles. The van der Waals surface area contributed by atoms with Crippen molar-refractivity contribution in [2.24, 2.45) is 16.1 Å². The van der Waals surface area contributed by atoms with Crippen molar-refractivity contribution >= 4 is 34.7 Å². The van der Waals surface area contributed by atoms with Crippen molar-refractivity contribution in [3.8, 4) is 5.88 Å². The number of alkyl halides is 3. The molecule has 1 fully saturated rings. The molecular formula is C24H20ClF3N4O2S. The van der Waals surface area contributed by atoms with E-state index in [1.807, 2.05) is 0 Å². The summed E-state index contributed by atoms with van der Waals surface area (Å²) in [5, 5.41) is 23.4. The first-order valence-electron chi connectivity index (χ1n) is 10.9. The summed E-state index contributed by atoms with van der Waals surface area (Å²) in [5.41, 5.74) is 0.241. The van der Waals surface area contributed by atoms with Crippen LogP contribution in [-0.2, 0) is 19.1 Å². The number of hydrogen-bond donors (Lipinski definition) is 2. The van der Waals surface area contributed by atoms with E-state index >= 15 is 0 Å². The van der Waals surface area contributed by atoms with Gasteiger partial charge in [-0.25, -0.2) is 0 Å². The molecule has 1 aromatic heterocycles. The molecule has 6 nitrogen and oxygen atoms in total. The number of rotatable bonds is 5. The predicted octanol–water partition coefficient (Wildman–Crippen LogP) is 3.31. The maximum atomic E-state index is 13.8. The van der Waals surface area contributed by atoms with Crippen LogP contribution in [0, 0.1) is 5.92 Å². The van der Waals surface area contributed by atoms with Crippen molar-refractivity contribution in [1.29, 1.82) is 0 Å². The number of nitrogens with one attached hydrogen (secondary N) is 1. The number of aromatic nitrogens is 1. The van der Waals surface area contributed by atoms with Crippen molar-refractivity contribution in [3.05, 3.63) is 83.2 Å². The summed E-state index contributed by atoms with van der Waals surface area (Å²) in [6.45, 7) is 1.92. The molecule has 0 amide bonds. The summed E-state index contributed by atoms with van der Waals surface area (Å²) in [6, 6.07) is 8.80. The van der Waals surface area contributed by atoms with Gasteiger partial charge in [-0.3, -0.25) is 9.36 Å². The van der Waals surface area contributed by atoms with Gasteiger partial charge in [-0.2, -0.15) is 23.4 Å². The molecule has 2 N–H and O–H groups in total. The standard InChI is InChI=1S/C24H20ClF3N4O2S/c25-17-3-1-15(19(9-17)24(26,27)28)8-18(14-2-4-20-16(7-14)11-30-31-20)21-22(33)32(23(34)35-21)12-13-5-6-29-10-13/h1-4,7,9,11,13,29,33H,5-6,8,10,12H2/t13-/m1/s1.